The van der Waals surface area contributed by atoms with Gasteiger partial charge in [0.2, 0.25) is 0 Å². The molecule has 0 saturated heterocycles. The molecule has 0 aliphatic rings. The van der Waals surface area contributed by atoms with Gasteiger partial charge in [-0.2, -0.15) is 0 Å². The SMILES string of the molecule is CCC(CBr)NCc1ccccc1. The summed E-state index contributed by atoms with van der Waals surface area (Å²) in [5, 5.41) is 4.51. The third-order valence-corrected chi connectivity index (χ3v) is 2.90. The Morgan fingerprint density at radius 2 is 2.00 bits per heavy atom. The topological polar surface area (TPSA) is 12.0 Å². The van der Waals surface area contributed by atoms with E-state index < -0.39 is 0 Å². The Morgan fingerprint density at radius 3 is 2.54 bits per heavy atom. The van der Waals surface area contributed by atoms with Crippen LogP contribution in [0.4, 0.5) is 0 Å². The van der Waals surface area contributed by atoms with Crippen LogP contribution in [0, 0.1) is 0 Å². The first-order valence-electron chi connectivity index (χ1n) is 4.70. The number of nitrogens with one attached hydrogen (secondary N) is 1. The van der Waals surface area contributed by atoms with Gasteiger partial charge in [0, 0.05) is 17.9 Å². The van der Waals surface area contributed by atoms with E-state index in [1.807, 2.05) is 6.07 Å². The standard InChI is InChI=1S/C11H16BrN/c1-2-11(8-12)13-9-10-6-4-3-5-7-10/h3-7,11,13H,2,8-9H2,1H3. The lowest BCUT2D eigenvalue weighted by atomic mass is 10.2. The van der Waals surface area contributed by atoms with Gasteiger partial charge in [0.1, 0.15) is 0 Å². The van der Waals surface area contributed by atoms with Crippen LogP contribution >= 0.6 is 15.9 Å². The van der Waals surface area contributed by atoms with Crippen LogP contribution in [-0.2, 0) is 6.54 Å². The first-order chi connectivity index (χ1) is 6.36. The monoisotopic (exact) mass is 241 g/mol. The molecule has 1 N–H and O–H groups in total. The van der Waals surface area contributed by atoms with Crippen LogP contribution in [0.15, 0.2) is 30.3 Å². The number of halogens is 1. The summed E-state index contributed by atoms with van der Waals surface area (Å²) in [5.41, 5.74) is 1.35. The highest BCUT2D eigenvalue weighted by Crippen LogP contribution is 2.01. The van der Waals surface area contributed by atoms with Crippen LogP contribution in [0.5, 0.6) is 0 Å². The number of hydrogen-bond acceptors (Lipinski definition) is 1. The summed E-state index contributed by atoms with van der Waals surface area (Å²) >= 11 is 3.49. The molecule has 0 saturated carbocycles. The molecule has 0 radical (unpaired) electrons. The van der Waals surface area contributed by atoms with Crippen molar-refractivity contribution in [3.63, 3.8) is 0 Å². The maximum Gasteiger partial charge on any atom is 0.0208 e. The van der Waals surface area contributed by atoms with E-state index >= 15 is 0 Å². The van der Waals surface area contributed by atoms with Crippen LogP contribution in [0.25, 0.3) is 0 Å². The minimum Gasteiger partial charge on any atom is -0.309 e. The molecule has 0 spiro atoms. The molecule has 0 heterocycles. The van der Waals surface area contributed by atoms with Gasteiger partial charge in [-0.25, -0.2) is 0 Å². The molecule has 0 aliphatic carbocycles. The van der Waals surface area contributed by atoms with Crippen LogP contribution in [0.3, 0.4) is 0 Å². The van der Waals surface area contributed by atoms with E-state index in [-0.39, 0.29) is 0 Å². The van der Waals surface area contributed by atoms with Gasteiger partial charge in [-0.15, -0.1) is 0 Å². The zero-order chi connectivity index (χ0) is 9.52. The zero-order valence-corrected chi connectivity index (χ0v) is 9.55. The van der Waals surface area contributed by atoms with Crippen molar-refractivity contribution in [3.05, 3.63) is 35.9 Å². The molecule has 72 valence electrons. The Labute approximate surface area is 88.7 Å². The molecule has 0 amide bonds. The number of rotatable bonds is 5. The Bertz CT molecular complexity index is 219. The minimum atomic E-state index is 0.584. The second-order valence-corrected chi connectivity index (χ2v) is 3.77. The molecule has 1 aromatic carbocycles. The van der Waals surface area contributed by atoms with E-state index in [1.54, 1.807) is 0 Å². The van der Waals surface area contributed by atoms with Crippen molar-refractivity contribution in [2.45, 2.75) is 25.9 Å². The Kier molecular flexibility index (Phi) is 5.09. The molecule has 1 rings (SSSR count). The zero-order valence-electron chi connectivity index (χ0n) is 7.96. The molecule has 0 bridgehead atoms. The average molecular weight is 242 g/mol. The van der Waals surface area contributed by atoms with Gasteiger partial charge in [-0.1, -0.05) is 53.2 Å². The Hall–Kier alpha value is -0.340. The Balaban J connectivity index is 2.34. The first kappa shape index (κ1) is 10.7. The second-order valence-electron chi connectivity index (χ2n) is 3.13. The number of benzene rings is 1. The van der Waals surface area contributed by atoms with Crippen molar-refractivity contribution >= 4 is 15.9 Å². The lowest BCUT2D eigenvalue weighted by Crippen LogP contribution is -2.29. The summed E-state index contributed by atoms with van der Waals surface area (Å²) in [5.74, 6) is 0. The Morgan fingerprint density at radius 1 is 1.31 bits per heavy atom. The fraction of sp³-hybridized carbons (Fsp3) is 0.455. The smallest absolute Gasteiger partial charge is 0.0208 e. The molecule has 0 aromatic heterocycles. The van der Waals surface area contributed by atoms with Gasteiger partial charge in [0.15, 0.2) is 0 Å². The van der Waals surface area contributed by atoms with Crippen molar-refractivity contribution in [3.8, 4) is 0 Å². The second kappa shape index (κ2) is 6.17. The van der Waals surface area contributed by atoms with Crippen molar-refractivity contribution in [1.82, 2.24) is 5.32 Å². The third kappa shape index (κ3) is 3.92. The van der Waals surface area contributed by atoms with E-state index in [1.165, 1.54) is 5.56 Å². The molecule has 0 fully saturated rings. The molecule has 1 nitrogen and oxygen atoms in total. The summed E-state index contributed by atoms with van der Waals surface area (Å²) in [6, 6.07) is 11.1. The normalized spacial score (nSPS) is 12.8. The van der Waals surface area contributed by atoms with Gasteiger partial charge in [-0.3, -0.25) is 0 Å². The van der Waals surface area contributed by atoms with E-state index in [4.69, 9.17) is 0 Å². The molecular formula is C11H16BrN. The van der Waals surface area contributed by atoms with E-state index in [0.29, 0.717) is 6.04 Å². The van der Waals surface area contributed by atoms with Crippen LogP contribution in [0.1, 0.15) is 18.9 Å². The average Bonchev–Trinajstić information content (AvgIpc) is 2.21. The lowest BCUT2D eigenvalue weighted by molar-refractivity contribution is 0.543. The lowest BCUT2D eigenvalue weighted by Gasteiger charge is -2.13. The van der Waals surface area contributed by atoms with Gasteiger partial charge in [0.25, 0.3) is 0 Å². The van der Waals surface area contributed by atoms with Crippen molar-refractivity contribution in [2.24, 2.45) is 0 Å². The predicted molar refractivity (Wildman–Crippen MR) is 61.2 cm³/mol. The fourth-order valence-corrected chi connectivity index (χ4v) is 1.85. The van der Waals surface area contributed by atoms with E-state index in [0.717, 1.165) is 18.3 Å². The highest BCUT2D eigenvalue weighted by atomic mass is 79.9. The number of alkyl halides is 1. The molecule has 1 unspecified atom stereocenters. The molecule has 0 aliphatic heterocycles. The van der Waals surface area contributed by atoms with Crippen LogP contribution in [-0.4, -0.2) is 11.4 Å². The maximum atomic E-state index is 3.49. The van der Waals surface area contributed by atoms with Gasteiger partial charge >= 0.3 is 0 Å². The van der Waals surface area contributed by atoms with Crippen molar-refractivity contribution in [1.29, 1.82) is 0 Å². The molecule has 13 heavy (non-hydrogen) atoms. The van der Waals surface area contributed by atoms with Crippen LogP contribution < -0.4 is 5.32 Å². The highest BCUT2D eigenvalue weighted by molar-refractivity contribution is 9.09. The van der Waals surface area contributed by atoms with E-state index in [2.05, 4.69) is 52.4 Å². The molecule has 2 heteroatoms. The van der Waals surface area contributed by atoms with Gasteiger partial charge < -0.3 is 5.32 Å². The molecular weight excluding hydrogens is 226 g/mol. The summed E-state index contributed by atoms with van der Waals surface area (Å²) in [7, 11) is 0. The summed E-state index contributed by atoms with van der Waals surface area (Å²) < 4.78 is 0. The van der Waals surface area contributed by atoms with Gasteiger partial charge in [-0.05, 0) is 12.0 Å². The van der Waals surface area contributed by atoms with Crippen molar-refractivity contribution < 1.29 is 0 Å². The minimum absolute atomic E-state index is 0.584. The van der Waals surface area contributed by atoms with E-state index in [9.17, 15) is 0 Å². The number of hydrogen-bond donors (Lipinski definition) is 1. The fourth-order valence-electron chi connectivity index (χ4n) is 1.17. The third-order valence-electron chi connectivity index (χ3n) is 2.12. The predicted octanol–water partition coefficient (Wildman–Crippen LogP) is 2.95. The quantitative estimate of drug-likeness (QED) is 0.783. The summed E-state index contributed by atoms with van der Waals surface area (Å²) in [6.45, 7) is 3.16. The first-order valence-corrected chi connectivity index (χ1v) is 5.82. The van der Waals surface area contributed by atoms with Crippen molar-refractivity contribution in [2.75, 3.05) is 5.33 Å². The largest absolute Gasteiger partial charge is 0.309 e. The molecule has 1 aromatic rings. The molecule has 1 atom stereocenters. The highest BCUT2D eigenvalue weighted by Gasteiger charge is 2.01. The van der Waals surface area contributed by atoms with Crippen LogP contribution in [0.2, 0.25) is 0 Å². The maximum absolute atomic E-state index is 3.49. The van der Waals surface area contributed by atoms with Gasteiger partial charge in [0.05, 0.1) is 0 Å². The summed E-state index contributed by atoms with van der Waals surface area (Å²) in [6.07, 6.45) is 1.16. The summed E-state index contributed by atoms with van der Waals surface area (Å²) in [4.78, 5) is 0.